The highest BCUT2D eigenvalue weighted by atomic mass is 79.9. The SMILES string of the molecule is Cc1ccccc1OCC(=O)N=Nc1c(O)n(C(C)C)c2ccc(Br)cc12. The fourth-order valence-corrected chi connectivity index (χ4v) is 3.23. The van der Waals surface area contributed by atoms with Crippen LogP contribution in [0.3, 0.4) is 0 Å². The number of nitrogens with zero attached hydrogens (tertiary/aromatic N) is 3. The first-order valence-corrected chi connectivity index (χ1v) is 9.33. The molecule has 2 aromatic carbocycles. The fourth-order valence-electron chi connectivity index (χ4n) is 2.87. The van der Waals surface area contributed by atoms with Crippen molar-refractivity contribution in [3.8, 4) is 11.6 Å². The van der Waals surface area contributed by atoms with Crippen molar-refractivity contribution >= 4 is 38.4 Å². The molecule has 0 spiro atoms. The van der Waals surface area contributed by atoms with Crippen molar-refractivity contribution in [1.29, 1.82) is 0 Å². The molecule has 1 amide bonds. The van der Waals surface area contributed by atoms with Gasteiger partial charge in [-0.05, 0) is 50.6 Å². The first-order valence-electron chi connectivity index (χ1n) is 8.54. The molecule has 27 heavy (non-hydrogen) atoms. The van der Waals surface area contributed by atoms with E-state index in [9.17, 15) is 9.90 Å². The molecular formula is C20H20BrN3O3. The predicted octanol–water partition coefficient (Wildman–Crippen LogP) is 5.69. The van der Waals surface area contributed by atoms with Crippen molar-refractivity contribution in [2.45, 2.75) is 26.8 Å². The van der Waals surface area contributed by atoms with E-state index < -0.39 is 5.91 Å². The lowest BCUT2D eigenvalue weighted by molar-refractivity contribution is -0.120. The van der Waals surface area contributed by atoms with E-state index in [2.05, 4.69) is 26.2 Å². The van der Waals surface area contributed by atoms with Gasteiger partial charge in [0.05, 0.1) is 5.52 Å². The topological polar surface area (TPSA) is 76.2 Å². The molecule has 7 heteroatoms. The van der Waals surface area contributed by atoms with Crippen LogP contribution in [-0.2, 0) is 4.79 Å². The molecule has 0 aliphatic heterocycles. The maximum absolute atomic E-state index is 12.1. The molecule has 0 radical (unpaired) electrons. The minimum absolute atomic E-state index is 0.0190. The molecule has 0 saturated heterocycles. The Morgan fingerprint density at radius 3 is 2.70 bits per heavy atom. The molecule has 0 aliphatic carbocycles. The third-order valence-corrected chi connectivity index (χ3v) is 4.63. The molecule has 6 nitrogen and oxygen atoms in total. The van der Waals surface area contributed by atoms with Gasteiger partial charge in [-0.3, -0.25) is 4.79 Å². The summed E-state index contributed by atoms with van der Waals surface area (Å²) in [5, 5.41) is 19.0. The van der Waals surface area contributed by atoms with Gasteiger partial charge in [-0.25, -0.2) is 0 Å². The highest BCUT2D eigenvalue weighted by molar-refractivity contribution is 9.10. The number of aromatic hydroxyl groups is 1. The number of hydrogen-bond donors (Lipinski definition) is 1. The number of aryl methyl sites for hydroxylation is 1. The van der Waals surface area contributed by atoms with Gasteiger partial charge in [-0.15, -0.1) is 10.2 Å². The van der Waals surface area contributed by atoms with Crippen LogP contribution in [-0.4, -0.2) is 22.2 Å². The minimum Gasteiger partial charge on any atom is -0.493 e. The molecule has 1 N–H and O–H groups in total. The van der Waals surface area contributed by atoms with Gasteiger partial charge >= 0.3 is 5.91 Å². The summed E-state index contributed by atoms with van der Waals surface area (Å²) in [6.07, 6.45) is 0. The number of para-hydroxylation sites is 1. The molecule has 3 aromatic rings. The Labute approximate surface area is 165 Å². The number of amides is 1. The van der Waals surface area contributed by atoms with Crippen LogP contribution >= 0.6 is 15.9 Å². The summed E-state index contributed by atoms with van der Waals surface area (Å²) in [5.41, 5.74) is 2.03. The van der Waals surface area contributed by atoms with E-state index in [1.807, 2.05) is 57.2 Å². The van der Waals surface area contributed by atoms with E-state index in [4.69, 9.17) is 4.74 Å². The summed E-state index contributed by atoms with van der Waals surface area (Å²) in [6.45, 7) is 5.60. The summed E-state index contributed by atoms with van der Waals surface area (Å²) in [5.74, 6) is 0.0804. The molecular weight excluding hydrogens is 410 g/mol. The van der Waals surface area contributed by atoms with Gasteiger partial charge in [0.2, 0.25) is 5.88 Å². The molecule has 1 heterocycles. The van der Waals surface area contributed by atoms with Crippen molar-refractivity contribution in [3.63, 3.8) is 0 Å². The lowest BCUT2D eigenvalue weighted by Crippen LogP contribution is -2.08. The lowest BCUT2D eigenvalue weighted by atomic mass is 10.2. The largest absolute Gasteiger partial charge is 0.493 e. The number of rotatable bonds is 5. The predicted molar refractivity (Wildman–Crippen MR) is 108 cm³/mol. The van der Waals surface area contributed by atoms with Crippen LogP contribution in [0.2, 0.25) is 0 Å². The Bertz CT molecular complexity index is 1020. The third-order valence-electron chi connectivity index (χ3n) is 4.14. The van der Waals surface area contributed by atoms with E-state index in [1.54, 1.807) is 10.6 Å². The van der Waals surface area contributed by atoms with Crippen LogP contribution in [0.15, 0.2) is 57.2 Å². The molecule has 0 saturated carbocycles. The van der Waals surface area contributed by atoms with Gasteiger partial charge in [0.15, 0.2) is 12.3 Å². The Kier molecular flexibility index (Phi) is 5.60. The van der Waals surface area contributed by atoms with E-state index in [0.29, 0.717) is 11.1 Å². The smallest absolute Gasteiger partial charge is 0.302 e. The van der Waals surface area contributed by atoms with Crippen molar-refractivity contribution in [1.82, 2.24) is 4.57 Å². The second-order valence-electron chi connectivity index (χ2n) is 6.45. The standard InChI is InChI=1S/C20H20BrN3O3/c1-12(2)24-16-9-8-14(21)10-15(16)19(20(24)26)23-22-18(25)11-27-17-7-5-4-6-13(17)3/h4-10,12,26H,11H2,1-3H3. The van der Waals surface area contributed by atoms with Crippen molar-refractivity contribution in [2.75, 3.05) is 6.61 Å². The van der Waals surface area contributed by atoms with Gasteiger partial charge in [0.25, 0.3) is 0 Å². The number of carbonyl (C=O) groups is 1. The first kappa shape index (κ1) is 19.1. The zero-order chi connectivity index (χ0) is 19.6. The molecule has 3 rings (SSSR count). The second-order valence-corrected chi connectivity index (χ2v) is 7.36. The molecule has 0 atom stereocenters. The van der Waals surface area contributed by atoms with Crippen LogP contribution in [0.1, 0.15) is 25.5 Å². The van der Waals surface area contributed by atoms with E-state index >= 15 is 0 Å². The second kappa shape index (κ2) is 7.92. The average Bonchev–Trinajstić information content (AvgIpc) is 2.90. The quantitative estimate of drug-likeness (QED) is 0.529. The number of carbonyl (C=O) groups excluding carboxylic acids is 1. The zero-order valence-electron chi connectivity index (χ0n) is 15.3. The number of aromatic nitrogens is 1. The van der Waals surface area contributed by atoms with Crippen LogP contribution in [0.25, 0.3) is 10.9 Å². The summed E-state index contributed by atoms with van der Waals surface area (Å²) in [4.78, 5) is 12.1. The van der Waals surface area contributed by atoms with Crippen LogP contribution in [0, 0.1) is 6.92 Å². The molecule has 1 aromatic heterocycles. The number of benzene rings is 2. The molecule has 0 bridgehead atoms. The summed E-state index contributed by atoms with van der Waals surface area (Å²) in [6, 6.07) is 13.1. The van der Waals surface area contributed by atoms with E-state index in [1.165, 1.54) is 0 Å². The Hall–Kier alpha value is -2.67. The van der Waals surface area contributed by atoms with Crippen LogP contribution in [0.5, 0.6) is 11.6 Å². The first-order chi connectivity index (χ1) is 12.9. The lowest BCUT2D eigenvalue weighted by Gasteiger charge is -2.10. The van der Waals surface area contributed by atoms with Gasteiger partial charge in [0.1, 0.15) is 5.75 Å². The minimum atomic E-state index is -0.530. The van der Waals surface area contributed by atoms with Crippen LogP contribution in [0.4, 0.5) is 5.69 Å². The average molecular weight is 430 g/mol. The number of ether oxygens (including phenoxy) is 1. The molecule has 0 unspecified atom stereocenters. The Morgan fingerprint density at radius 1 is 1.26 bits per heavy atom. The maximum atomic E-state index is 12.1. The Balaban J connectivity index is 1.85. The highest BCUT2D eigenvalue weighted by Crippen LogP contribution is 2.41. The summed E-state index contributed by atoms with van der Waals surface area (Å²) >= 11 is 3.42. The van der Waals surface area contributed by atoms with Gasteiger partial charge in [0, 0.05) is 15.9 Å². The van der Waals surface area contributed by atoms with E-state index in [-0.39, 0.29) is 24.2 Å². The molecule has 0 fully saturated rings. The summed E-state index contributed by atoms with van der Waals surface area (Å²) in [7, 11) is 0. The molecule has 140 valence electrons. The third kappa shape index (κ3) is 4.03. The number of azo groups is 1. The van der Waals surface area contributed by atoms with Gasteiger partial charge in [-0.1, -0.05) is 34.1 Å². The van der Waals surface area contributed by atoms with Crippen LogP contribution < -0.4 is 4.74 Å². The normalized spacial score (nSPS) is 11.6. The van der Waals surface area contributed by atoms with Gasteiger partial charge in [-0.2, -0.15) is 0 Å². The highest BCUT2D eigenvalue weighted by Gasteiger charge is 2.19. The van der Waals surface area contributed by atoms with E-state index in [0.717, 1.165) is 15.6 Å². The molecule has 0 aliphatic rings. The monoisotopic (exact) mass is 429 g/mol. The van der Waals surface area contributed by atoms with Crippen molar-refractivity contribution < 1.29 is 14.6 Å². The number of hydrogen-bond acceptors (Lipinski definition) is 4. The fraction of sp³-hybridized carbons (Fsp3) is 0.250. The number of fused-ring (bicyclic) bond motifs is 1. The van der Waals surface area contributed by atoms with Crippen molar-refractivity contribution in [2.24, 2.45) is 10.2 Å². The maximum Gasteiger partial charge on any atom is 0.302 e. The Morgan fingerprint density at radius 2 is 2.00 bits per heavy atom. The number of halogens is 1. The van der Waals surface area contributed by atoms with Crippen molar-refractivity contribution in [3.05, 3.63) is 52.5 Å². The van der Waals surface area contributed by atoms with Gasteiger partial charge < -0.3 is 14.4 Å². The summed E-state index contributed by atoms with van der Waals surface area (Å²) < 4.78 is 8.09. The zero-order valence-corrected chi connectivity index (χ0v) is 16.9.